The zero-order chi connectivity index (χ0) is 9.84. The minimum atomic E-state index is 0.0330. The molecule has 0 aliphatic rings. The average molecular weight is 303 g/mol. The topological polar surface area (TPSA) is 12.0 Å². The Morgan fingerprint density at radius 2 is 2.15 bits per heavy atom. The first kappa shape index (κ1) is 10.6. The summed E-state index contributed by atoms with van der Waals surface area (Å²) in [6.07, 6.45) is 5.27. The molecule has 1 atom stereocenters. The Bertz CT molecular complexity index is 341. The molecule has 0 saturated heterocycles. The van der Waals surface area contributed by atoms with Crippen molar-refractivity contribution in [2.75, 3.05) is 5.32 Å². The Morgan fingerprint density at radius 3 is 2.77 bits per heavy atom. The van der Waals surface area contributed by atoms with Crippen molar-refractivity contribution < 1.29 is 0 Å². The van der Waals surface area contributed by atoms with E-state index in [1.165, 1.54) is 0 Å². The minimum absolute atomic E-state index is 0.0330. The molecular weight excluding hydrogens is 294 g/mol. The van der Waals surface area contributed by atoms with Crippen molar-refractivity contribution in [3.8, 4) is 12.3 Å². The quantitative estimate of drug-likeness (QED) is 0.822. The van der Waals surface area contributed by atoms with Crippen molar-refractivity contribution in [1.29, 1.82) is 0 Å². The Balaban J connectivity index is 2.88. The van der Waals surface area contributed by atoms with Gasteiger partial charge in [-0.25, -0.2) is 0 Å². The second-order valence-corrected chi connectivity index (χ2v) is 4.43. The maximum Gasteiger partial charge on any atom is 0.0846 e. The van der Waals surface area contributed by atoms with Gasteiger partial charge in [-0.2, -0.15) is 0 Å². The second-order valence-electron chi connectivity index (χ2n) is 2.66. The van der Waals surface area contributed by atoms with Crippen LogP contribution in [0.4, 0.5) is 5.69 Å². The normalized spacial score (nSPS) is 11.8. The molecule has 0 spiro atoms. The molecule has 1 unspecified atom stereocenters. The molecule has 0 saturated carbocycles. The van der Waals surface area contributed by atoms with Gasteiger partial charge in [0.2, 0.25) is 0 Å². The summed E-state index contributed by atoms with van der Waals surface area (Å²) in [5.74, 6) is 2.61. The van der Waals surface area contributed by atoms with Crippen LogP contribution in [0.3, 0.4) is 0 Å². The van der Waals surface area contributed by atoms with Gasteiger partial charge in [0.25, 0.3) is 0 Å². The van der Waals surface area contributed by atoms with Gasteiger partial charge in [0.05, 0.1) is 11.7 Å². The van der Waals surface area contributed by atoms with Gasteiger partial charge in [0.1, 0.15) is 0 Å². The van der Waals surface area contributed by atoms with Crippen molar-refractivity contribution >= 4 is 37.5 Å². The molecule has 1 rings (SSSR count). The molecular formula is C10H9Br2N. The van der Waals surface area contributed by atoms with Crippen LogP contribution >= 0.6 is 31.9 Å². The van der Waals surface area contributed by atoms with Crippen molar-refractivity contribution in [3.63, 3.8) is 0 Å². The van der Waals surface area contributed by atoms with Gasteiger partial charge in [-0.1, -0.05) is 21.9 Å². The fourth-order valence-corrected chi connectivity index (χ4v) is 1.61. The van der Waals surface area contributed by atoms with Crippen molar-refractivity contribution in [3.05, 3.63) is 27.1 Å². The smallest absolute Gasteiger partial charge is 0.0846 e. The lowest BCUT2D eigenvalue weighted by atomic mass is 10.3. The van der Waals surface area contributed by atoms with E-state index in [-0.39, 0.29) is 6.04 Å². The second kappa shape index (κ2) is 4.69. The van der Waals surface area contributed by atoms with Gasteiger partial charge in [0.15, 0.2) is 0 Å². The summed E-state index contributed by atoms with van der Waals surface area (Å²) in [5.41, 5.74) is 1.000. The zero-order valence-electron chi connectivity index (χ0n) is 7.14. The molecule has 0 radical (unpaired) electrons. The molecule has 1 nitrogen and oxygen atoms in total. The highest BCUT2D eigenvalue weighted by Crippen LogP contribution is 2.26. The largest absolute Gasteiger partial charge is 0.371 e. The van der Waals surface area contributed by atoms with E-state index in [9.17, 15) is 0 Å². The lowest BCUT2D eigenvalue weighted by molar-refractivity contribution is 1.03. The molecule has 1 N–H and O–H groups in total. The van der Waals surface area contributed by atoms with Gasteiger partial charge in [0, 0.05) is 8.95 Å². The van der Waals surface area contributed by atoms with Crippen LogP contribution in [0.25, 0.3) is 0 Å². The Kier molecular flexibility index (Phi) is 3.83. The SMILES string of the molecule is C#CC(C)Nc1cc(Br)ccc1Br. The molecule has 0 aromatic heterocycles. The van der Waals surface area contributed by atoms with Gasteiger partial charge in [-0.15, -0.1) is 6.42 Å². The molecule has 68 valence electrons. The van der Waals surface area contributed by atoms with Crippen LogP contribution in [0, 0.1) is 12.3 Å². The number of hydrogen-bond donors (Lipinski definition) is 1. The fourth-order valence-electron chi connectivity index (χ4n) is 0.883. The van der Waals surface area contributed by atoms with E-state index in [0.717, 1.165) is 14.6 Å². The molecule has 1 aromatic carbocycles. The predicted molar refractivity (Wildman–Crippen MR) is 63.8 cm³/mol. The monoisotopic (exact) mass is 301 g/mol. The van der Waals surface area contributed by atoms with E-state index in [1.54, 1.807) is 0 Å². The summed E-state index contributed by atoms with van der Waals surface area (Å²) in [7, 11) is 0. The lowest BCUT2D eigenvalue weighted by Crippen LogP contribution is -2.12. The molecule has 0 fully saturated rings. The number of nitrogens with one attached hydrogen (secondary N) is 1. The summed E-state index contributed by atoms with van der Waals surface area (Å²) in [6, 6.07) is 5.95. The van der Waals surface area contributed by atoms with Crippen LogP contribution < -0.4 is 5.32 Å². The van der Waals surface area contributed by atoms with Crippen LogP contribution in [0.15, 0.2) is 27.1 Å². The van der Waals surface area contributed by atoms with Crippen molar-refractivity contribution in [2.45, 2.75) is 13.0 Å². The maximum absolute atomic E-state index is 5.27. The van der Waals surface area contributed by atoms with E-state index >= 15 is 0 Å². The Labute approximate surface area is 95.2 Å². The standard InChI is InChI=1S/C10H9Br2N/c1-3-7(2)13-10-6-8(11)4-5-9(10)12/h1,4-7,13H,2H3. The summed E-state index contributed by atoms with van der Waals surface area (Å²) in [5, 5.41) is 3.19. The van der Waals surface area contributed by atoms with E-state index in [0.29, 0.717) is 0 Å². The number of hydrogen-bond acceptors (Lipinski definition) is 1. The van der Waals surface area contributed by atoms with E-state index < -0.39 is 0 Å². The number of halogens is 2. The van der Waals surface area contributed by atoms with E-state index in [4.69, 9.17) is 6.42 Å². The number of anilines is 1. The van der Waals surface area contributed by atoms with Gasteiger partial charge in [-0.3, -0.25) is 0 Å². The van der Waals surface area contributed by atoms with Crippen LogP contribution in [0.1, 0.15) is 6.92 Å². The Morgan fingerprint density at radius 1 is 1.46 bits per heavy atom. The van der Waals surface area contributed by atoms with Crippen LogP contribution in [0.5, 0.6) is 0 Å². The summed E-state index contributed by atoms with van der Waals surface area (Å²) in [4.78, 5) is 0. The van der Waals surface area contributed by atoms with E-state index in [2.05, 4.69) is 43.1 Å². The third kappa shape index (κ3) is 3.06. The van der Waals surface area contributed by atoms with E-state index in [1.807, 2.05) is 25.1 Å². The first-order valence-corrected chi connectivity index (χ1v) is 5.40. The third-order valence-electron chi connectivity index (χ3n) is 1.55. The average Bonchev–Trinajstić information content (AvgIpc) is 2.11. The first-order chi connectivity index (χ1) is 6.13. The highest BCUT2D eigenvalue weighted by molar-refractivity contribution is 9.11. The molecule has 0 bridgehead atoms. The van der Waals surface area contributed by atoms with Crippen LogP contribution in [-0.4, -0.2) is 6.04 Å². The van der Waals surface area contributed by atoms with Crippen molar-refractivity contribution in [1.82, 2.24) is 0 Å². The zero-order valence-corrected chi connectivity index (χ0v) is 10.3. The minimum Gasteiger partial charge on any atom is -0.371 e. The predicted octanol–water partition coefficient (Wildman–Crippen LogP) is 3.65. The van der Waals surface area contributed by atoms with Gasteiger partial charge >= 0.3 is 0 Å². The molecule has 0 heterocycles. The molecule has 1 aromatic rings. The van der Waals surface area contributed by atoms with Gasteiger partial charge in [-0.05, 0) is 41.1 Å². The number of benzene rings is 1. The van der Waals surface area contributed by atoms with Crippen LogP contribution in [0.2, 0.25) is 0 Å². The summed E-state index contributed by atoms with van der Waals surface area (Å²) < 4.78 is 2.04. The third-order valence-corrected chi connectivity index (χ3v) is 2.74. The highest BCUT2D eigenvalue weighted by Gasteiger charge is 2.02. The molecule has 3 heteroatoms. The molecule has 13 heavy (non-hydrogen) atoms. The first-order valence-electron chi connectivity index (χ1n) is 3.81. The number of rotatable bonds is 2. The summed E-state index contributed by atoms with van der Waals surface area (Å²) in [6.45, 7) is 1.94. The molecule has 0 aliphatic heterocycles. The van der Waals surface area contributed by atoms with Gasteiger partial charge < -0.3 is 5.32 Å². The van der Waals surface area contributed by atoms with Crippen molar-refractivity contribution in [2.24, 2.45) is 0 Å². The maximum atomic E-state index is 5.27. The Hall–Kier alpha value is -0.460. The highest BCUT2D eigenvalue weighted by atomic mass is 79.9. The lowest BCUT2D eigenvalue weighted by Gasteiger charge is -2.11. The number of terminal acetylenes is 1. The summed E-state index contributed by atoms with van der Waals surface area (Å²) >= 11 is 6.83. The molecule has 0 amide bonds. The molecule has 0 aliphatic carbocycles. The fraction of sp³-hybridized carbons (Fsp3) is 0.200. The van der Waals surface area contributed by atoms with Crippen LogP contribution in [-0.2, 0) is 0 Å².